The van der Waals surface area contributed by atoms with Crippen molar-refractivity contribution >= 4 is 28.0 Å². The Balaban J connectivity index is 1.91. The fraction of sp³-hybridized carbons (Fsp3) is 0.222. The number of nitrogens with one attached hydrogen (secondary N) is 1. The van der Waals surface area contributed by atoms with Crippen molar-refractivity contribution in [2.24, 2.45) is 0 Å². The van der Waals surface area contributed by atoms with E-state index in [2.05, 4.69) is 15.3 Å². The summed E-state index contributed by atoms with van der Waals surface area (Å²) in [7, 11) is 0. The highest BCUT2D eigenvalue weighted by molar-refractivity contribution is 7.13. The molecule has 0 radical (unpaired) electrons. The molecule has 2 heterocycles. The van der Waals surface area contributed by atoms with Crippen molar-refractivity contribution in [3.05, 3.63) is 53.0 Å². The molecule has 0 saturated carbocycles. The lowest BCUT2D eigenvalue weighted by molar-refractivity contribution is -0.140. The Morgan fingerprint density at radius 3 is 2.52 bits per heavy atom. The zero-order valence-electron chi connectivity index (χ0n) is 14.5. The van der Waals surface area contributed by atoms with Gasteiger partial charge in [-0.2, -0.15) is 18.2 Å². The Kier molecular flexibility index (Phi) is 5.22. The molecule has 0 bridgehead atoms. The molecule has 0 spiro atoms. The monoisotopic (exact) mass is 394 g/mol. The molecule has 9 heteroatoms. The van der Waals surface area contributed by atoms with E-state index < -0.39 is 11.9 Å². The maximum Gasteiger partial charge on any atom is 0.434 e. The number of alkyl halides is 3. The van der Waals surface area contributed by atoms with Gasteiger partial charge in [0.15, 0.2) is 10.8 Å². The number of halogens is 3. The number of thiazole rings is 1. The van der Waals surface area contributed by atoms with E-state index in [0.29, 0.717) is 11.4 Å². The molecule has 3 N–H and O–H groups in total. The van der Waals surface area contributed by atoms with Gasteiger partial charge in [0.05, 0.1) is 0 Å². The Morgan fingerprint density at radius 1 is 1.11 bits per heavy atom. The van der Waals surface area contributed by atoms with Gasteiger partial charge in [-0.3, -0.25) is 0 Å². The van der Waals surface area contributed by atoms with Crippen LogP contribution in [0, 0.1) is 0 Å². The van der Waals surface area contributed by atoms with E-state index in [1.54, 1.807) is 12.1 Å². The summed E-state index contributed by atoms with van der Waals surface area (Å²) >= 11 is 0.842. The SMILES string of the molecule is CC(C)c1ccccc1Oc1nc(N)ccc1Nc1nc(C(F)(F)F)cs1. The third-order valence-electron chi connectivity index (χ3n) is 3.67. The van der Waals surface area contributed by atoms with Crippen LogP contribution in [0.3, 0.4) is 0 Å². The number of pyridine rings is 1. The van der Waals surface area contributed by atoms with E-state index in [9.17, 15) is 13.2 Å². The second kappa shape index (κ2) is 7.43. The summed E-state index contributed by atoms with van der Waals surface area (Å²) in [5.74, 6) is 1.20. The molecule has 0 amide bonds. The Morgan fingerprint density at radius 2 is 1.85 bits per heavy atom. The summed E-state index contributed by atoms with van der Waals surface area (Å²) in [6, 6.07) is 10.6. The summed E-state index contributed by atoms with van der Waals surface area (Å²) in [5, 5.41) is 3.85. The third-order valence-corrected chi connectivity index (χ3v) is 4.42. The molecule has 142 valence electrons. The van der Waals surface area contributed by atoms with Crippen LogP contribution in [0.15, 0.2) is 41.8 Å². The zero-order valence-corrected chi connectivity index (χ0v) is 15.4. The lowest BCUT2D eigenvalue weighted by Crippen LogP contribution is -2.05. The van der Waals surface area contributed by atoms with Crippen LogP contribution in [-0.4, -0.2) is 9.97 Å². The van der Waals surface area contributed by atoms with E-state index in [1.807, 2.05) is 32.0 Å². The smallest absolute Gasteiger partial charge is 0.434 e. The number of aromatic nitrogens is 2. The highest BCUT2D eigenvalue weighted by Gasteiger charge is 2.33. The highest BCUT2D eigenvalue weighted by Crippen LogP contribution is 2.37. The predicted molar refractivity (Wildman–Crippen MR) is 99.7 cm³/mol. The van der Waals surface area contributed by atoms with Crippen molar-refractivity contribution in [2.45, 2.75) is 25.9 Å². The standard InChI is InChI=1S/C18H17F3N4OS/c1-10(2)11-5-3-4-6-13(11)26-16-12(7-8-15(22)25-16)23-17-24-14(9-27-17)18(19,20)21/h3-10H,1-2H3,(H2,22,25)(H,23,24). The summed E-state index contributed by atoms with van der Waals surface area (Å²) in [4.78, 5) is 7.73. The second-order valence-electron chi connectivity index (χ2n) is 6.04. The molecule has 1 aromatic carbocycles. The Bertz CT molecular complexity index is 940. The molecule has 27 heavy (non-hydrogen) atoms. The molecule has 0 aliphatic heterocycles. The van der Waals surface area contributed by atoms with E-state index >= 15 is 0 Å². The van der Waals surface area contributed by atoms with Crippen LogP contribution in [0.1, 0.15) is 31.0 Å². The van der Waals surface area contributed by atoms with Crippen LogP contribution in [-0.2, 0) is 6.18 Å². The number of hydrogen-bond acceptors (Lipinski definition) is 6. The fourth-order valence-corrected chi connectivity index (χ4v) is 3.09. The average Bonchev–Trinajstić information content (AvgIpc) is 3.06. The minimum Gasteiger partial charge on any atom is -0.437 e. The van der Waals surface area contributed by atoms with Gasteiger partial charge in [0, 0.05) is 5.38 Å². The van der Waals surface area contributed by atoms with Gasteiger partial charge in [0.25, 0.3) is 0 Å². The minimum absolute atomic E-state index is 0.0795. The quantitative estimate of drug-likeness (QED) is 0.572. The Hall–Kier alpha value is -2.81. The average molecular weight is 394 g/mol. The van der Waals surface area contributed by atoms with Crippen molar-refractivity contribution in [3.8, 4) is 11.6 Å². The molecule has 3 rings (SSSR count). The van der Waals surface area contributed by atoms with Gasteiger partial charge in [-0.25, -0.2) is 4.98 Å². The first-order chi connectivity index (χ1) is 12.7. The number of nitrogen functional groups attached to an aromatic ring is 1. The number of nitrogens with two attached hydrogens (primary N) is 1. The number of benzene rings is 1. The van der Waals surface area contributed by atoms with E-state index in [-0.39, 0.29) is 22.7 Å². The summed E-state index contributed by atoms with van der Waals surface area (Å²) in [6.07, 6.45) is -4.49. The first kappa shape index (κ1) is 19.0. The van der Waals surface area contributed by atoms with Crippen molar-refractivity contribution < 1.29 is 17.9 Å². The van der Waals surface area contributed by atoms with Crippen LogP contribution in [0.25, 0.3) is 0 Å². The van der Waals surface area contributed by atoms with Gasteiger partial charge < -0.3 is 15.8 Å². The van der Waals surface area contributed by atoms with Crippen LogP contribution in [0.2, 0.25) is 0 Å². The third kappa shape index (κ3) is 4.48. The first-order valence-corrected chi connectivity index (χ1v) is 8.95. The van der Waals surface area contributed by atoms with Gasteiger partial charge in [0.1, 0.15) is 17.3 Å². The number of nitrogens with zero attached hydrogens (tertiary/aromatic N) is 2. The second-order valence-corrected chi connectivity index (χ2v) is 6.90. The van der Waals surface area contributed by atoms with Crippen molar-refractivity contribution in [1.82, 2.24) is 9.97 Å². The first-order valence-electron chi connectivity index (χ1n) is 8.07. The number of para-hydroxylation sites is 1. The number of rotatable bonds is 5. The normalized spacial score (nSPS) is 11.6. The molecule has 0 aliphatic carbocycles. The largest absolute Gasteiger partial charge is 0.437 e. The zero-order chi connectivity index (χ0) is 19.6. The fourth-order valence-electron chi connectivity index (χ4n) is 2.36. The molecule has 0 fully saturated rings. The number of ether oxygens (including phenoxy) is 1. The van der Waals surface area contributed by atoms with Gasteiger partial charge in [0.2, 0.25) is 5.88 Å². The van der Waals surface area contributed by atoms with E-state index in [0.717, 1.165) is 22.3 Å². The van der Waals surface area contributed by atoms with Gasteiger partial charge >= 0.3 is 6.18 Å². The molecule has 0 unspecified atom stereocenters. The van der Waals surface area contributed by atoms with Crippen molar-refractivity contribution in [1.29, 1.82) is 0 Å². The highest BCUT2D eigenvalue weighted by atomic mass is 32.1. The molecule has 2 aromatic heterocycles. The van der Waals surface area contributed by atoms with Crippen molar-refractivity contribution in [3.63, 3.8) is 0 Å². The maximum atomic E-state index is 12.7. The summed E-state index contributed by atoms with van der Waals surface area (Å²) in [6.45, 7) is 4.06. The molecule has 0 saturated heterocycles. The van der Waals surface area contributed by atoms with Crippen LogP contribution < -0.4 is 15.8 Å². The van der Waals surface area contributed by atoms with Gasteiger partial charge in [-0.05, 0) is 29.7 Å². The van der Waals surface area contributed by atoms with Gasteiger partial charge in [-0.1, -0.05) is 32.0 Å². The van der Waals surface area contributed by atoms with Crippen molar-refractivity contribution in [2.75, 3.05) is 11.1 Å². The number of hydrogen-bond donors (Lipinski definition) is 2. The van der Waals surface area contributed by atoms with Gasteiger partial charge in [-0.15, -0.1) is 11.3 Å². The minimum atomic E-state index is -4.49. The topological polar surface area (TPSA) is 73.1 Å². The maximum absolute atomic E-state index is 12.7. The molecular formula is C18H17F3N4OS. The van der Waals surface area contributed by atoms with E-state index in [4.69, 9.17) is 10.5 Å². The van der Waals surface area contributed by atoms with E-state index in [1.165, 1.54) is 6.07 Å². The molecule has 0 atom stereocenters. The lowest BCUT2D eigenvalue weighted by Gasteiger charge is -2.15. The van der Waals surface area contributed by atoms with Crippen LogP contribution >= 0.6 is 11.3 Å². The summed E-state index contributed by atoms with van der Waals surface area (Å²) < 4.78 is 44.2. The van der Waals surface area contributed by atoms with Crippen LogP contribution in [0.5, 0.6) is 11.6 Å². The Labute approximate surface area is 158 Å². The summed E-state index contributed by atoms with van der Waals surface area (Å²) in [5.41, 5.74) is 6.14. The molecule has 3 aromatic rings. The van der Waals surface area contributed by atoms with Crippen LogP contribution in [0.4, 0.5) is 29.8 Å². The predicted octanol–water partition coefficient (Wildman–Crippen LogP) is 5.80. The molecular weight excluding hydrogens is 377 g/mol. The molecule has 0 aliphatic rings. The lowest BCUT2D eigenvalue weighted by atomic mass is 10.0. The number of anilines is 3. The molecule has 5 nitrogen and oxygen atoms in total.